The third kappa shape index (κ3) is 4.64. The zero-order valence-electron chi connectivity index (χ0n) is 22.1. The second-order valence-electron chi connectivity index (χ2n) is 11.7. The van der Waals surface area contributed by atoms with E-state index in [0.29, 0.717) is 26.2 Å². The molecule has 0 spiro atoms. The van der Waals surface area contributed by atoms with Crippen LogP contribution in [0, 0.1) is 0 Å². The second-order valence-corrected chi connectivity index (χ2v) is 11.7. The first-order chi connectivity index (χ1) is 15.7. The molecule has 0 aliphatic carbocycles. The molecular formula is C25H39BN4O4. The maximum Gasteiger partial charge on any atom is 0.512 e. The predicted octanol–water partition coefficient (Wildman–Crippen LogP) is 4.04. The summed E-state index contributed by atoms with van der Waals surface area (Å²) >= 11 is 0. The van der Waals surface area contributed by atoms with Gasteiger partial charge in [0.15, 0.2) is 0 Å². The molecule has 0 saturated carbocycles. The maximum absolute atomic E-state index is 12.4. The topological polar surface area (TPSA) is 79.9 Å². The van der Waals surface area contributed by atoms with Crippen LogP contribution >= 0.6 is 0 Å². The maximum atomic E-state index is 12.4. The SMILES string of the molecule is CC(C)c1c(B2OC(C)(C)C(C)(C)O2)[nH]c2ccc(N3CCN(C(=O)OC(C)(C)C)CC3)nc12. The molecule has 186 valence electrons. The van der Waals surface area contributed by atoms with Gasteiger partial charge in [-0.15, -0.1) is 0 Å². The highest BCUT2D eigenvalue weighted by atomic mass is 16.7. The summed E-state index contributed by atoms with van der Waals surface area (Å²) in [6.45, 7) is 20.9. The highest BCUT2D eigenvalue weighted by Crippen LogP contribution is 2.38. The van der Waals surface area contributed by atoms with Crippen molar-refractivity contribution in [2.45, 2.75) is 85.0 Å². The van der Waals surface area contributed by atoms with E-state index < -0.39 is 23.9 Å². The number of pyridine rings is 1. The number of aromatic nitrogens is 2. The Bertz CT molecular complexity index is 1050. The molecule has 1 N–H and O–H groups in total. The van der Waals surface area contributed by atoms with E-state index in [-0.39, 0.29) is 12.0 Å². The number of anilines is 1. The highest BCUT2D eigenvalue weighted by molar-refractivity contribution is 6.62. The molecule has 0 radical (unpaired) electrons. The zero-order valence-corrected chi connectivity index (χ0v) is 22.1. The Balaban J connectivity index is 1.57. The number of nitrogens with zero attached hydrogens (tertiary/aromatic N) is 3. The third-order valence-corrected chi connectivity index (χ3v) is 7.02. The van der Waals surface area contributed by atoms with E-state index in [4.69, 9.17) is 19.0 Å². The highest BCUT2D eigenvalue weighted by Gasteiger charge is 2.53. The van der Waals surface area contributed by atoms with Crippen LogP contribution in [-0.2, 0) is 14.0 Å². The van der Waals surface area contributed by atoms with E-state index in [9.17, 15) is 4.79 Å². The Labute approximate surface area is 203 Å². The van der Waals surface area contributed by atoms with Gasteiger partial charge in [-0.25, -0.2) is 9.78 Å². The number of ether oxygens (including phenoxy) is 1. The lowest BCUT2D eigenvalue weighted by Gasteiger charge is -2.36. The van der Waals surface area contributed by atoms with E-state index in [1.807, 2.05) is 26.8 Å². The van der Waals surface area contributed by atoms with Crippen LogP contribution in [0.2, 0.25) is 0 Å². The average molecular weight is 470 g/mol. The van der Waals surface area contributed by atoms with Gasteiger partial charge in [-0.05, 0) is 72.1 Å². The molecule has 2 aromatic rings. The number of H-pyrrole nitrogens is 1. The van der Waals surface area contributed by atoms with Gasteiger partial charge in [0.25, 0.3) is 0 Å². The molecule has 2 aromatic heterocycles. The number of piperazine rings is 1. The first kappa shape index (κ1) is 24.9. The molecule has 0 unspecified atom stereocenters. The van der Waals surface area contributed by atoms with Gasteiger partial charge < -0.3 is 28.8 Å². The lowest BCUT2D eigenvalue weighted by Crippen LogP contribution is -2.50. The number of nitrogens with one attached hydrogen (secondary N) is 1. The molecule has 0 bridgehead atoms. The molecule has 8 nitrogen and oxygen atoms in total. The number of amides is 1. The zero-order chi connectivity index (χ0) is 25.1. The molecule has 0 aromatic carbocycles. The molecular weight excluding hydrogens is 431 g/mol. The van der Waals surface area contributed by atoms with Crippen molar-refractivity contribution in [2.24, 2.45) is 0 Å². The molecule has 2 fully saturated rings. The van der Waals surface area contributed by atoms with E-state index >= 15 is 0 Å². The van der Waals surface area contributed by atoms with Crippen LogP contribution in [0.3, 0.4) is 0 Å². The molecule has 0 atom stereocenters. The molecule has 34 heavy (non-hydrogen) atoms. The van der Waals surface area contributed by atoms with Gasteiger partial charge in [-0.2, -0.15) is 0 Å². The number of fused-ring (bicyclic) bond motifs is 1. The fourth-order valence-electron chi connectivity index (χ4n) is 4.45. The second kappa shape index (κ2) is 8.45. The van der Waals surface area contributed by atoms with Crippen LogP contribution in [0.15, 0.2) is 12.1 Å². The Kier molecular flexibility index (Phi) is 6.18. The number of carbonyl (C=O) groups is 1. The average Bonchev–Trinajstić information content (AvgIpc) is 3.20. The van der Waals surface area contributed by atoms with Crippen molar-refractivity contribution >= 4 is 35.7 Å². The Morgan fingerprint density at radius 1 is 1.09 bits per heavy atom. The summed E-state index contributed by atoms with van der Waals surface area (Å²) in [5, 5.41) is 0. The molecule has 4 rings (SSSR count). The van der Waals surface area contributed by atoms with Crippen LogP contribution in [0.25, 0.3) is 11.0 Å². The van der Waals surface area contributed by atoms with Crippen molar-refractivity contribution in [2.75, 3.05) is 31.1 Å². The van der Waals surface area contributed by atoms with Crippen LogP contribution in [0.1, 0.15) is 73.8 Å². The van der Waals surface area contributed by atoms with Crippen molar-refractivity contribution in [1.29, 1.82) is 0 Å². The minimum absolute atomic E-state index is 0.245. The summed E-state index contributed by atoms with van der Waals surface area (Å²) in [6, 6.07) is 4.12. The summed E-state index contributed by atoms with van der Waals surface area (Å²) in [5.74, 6) is 1.16. The van der Waals surface area contributed by atoms with E-state index in [1.165, 1.54) is 0 Å². The largest absolute Gasteiger partial charge is 0.512 e. The third-order valence-electron chi connectivity index (χ3n) is 7.02. The summed E-state index contributed by atoms with van der Waals surface area (Å²) in [7, 11) is -0.461. The van der Waals surface area contributed by atoms with Gasteiger partial charge in [-0.3, -0.25) is 0 Å². The minimum atomic E-state index is -0.489. The number of rotatable bonds is 3. The van der Waals surface area contributed by atoms with Gasteiger partial charge in [0, 0.05) is 26.2 Å². The fraction of sp³-hybridized carbons (Fsp3) is 0.680. The Morgan fingerprint density at radius 2 is 1.68 bits per heavy atom. The van der Waals surface area contributed by atoms with Gasteiger partial charge in [0.2, 0.25) is 0 Å². The first-order valence-corrected chi connectivity index (χ1v) is 12.3. The van der Waals surface area contributed by atoms with Crippen molar-refractivity contribution in [3.05, 3.63) is 17.7 Å². The number of carbonyl (C=O) groups excluding carboxylic acids is 1. The van der Waals surface area contributed by atoms with E-state index in [1.54, 1.807) is 4.90 Å². The number of aromatic amines is 1. The predicted molar refractivity (Wildman–Crippen MR) is 136 cm³/mol. The lowest BCUT2D eigenvalue weighted by molar-refractivity contribution is 0.00578. The first-order valence-electron chi connectivity index (χ1n) is 12.3. The monoisotopic (exact) mass is 470 g/mol. The normalized spacial score (nSPS) is 20.5. The van der Waals surface area contributed by atoms with E-state index in [2.05, 4.69) is 57.5 Å². The van der Waals surface area contributed by atoms with Crippen LogP contribution in [0.5, 0.6) is 0 Å². The van der Waals surface area contributed by atoms with E-state index in [0.717, 1.165) is 28.0 Å². The number of hydrogen-bond acceptors (Lipinski definition) is 6. The van der Waals surface area contributed by atoms with Gasteiger partial charge in [0.05, 0.1) is 27.8 Å². The summed E-state index contributed by atoms with van der Waals surface area (Å²) in [4.78, 5) is 25.0. The molecule has 2 aliphatic heterocycles. The van der Waals surface area contributed by atoms with Crippen LogP contribution in [-0.4, -0.2) is 71.1 Å². The lowest BCUT2D eigenvalue weighted by atomic mass is 9.79. The number of hydrogen-bond donors (Lipinski definition) is 1. The molecule has 1 amide bonds. The van der Waals surface area contributed by atoms with Crippen molar-refractivity contribution in [3.8, 4) is 0 Å². The molecule has 4 heterocycles. The molecule has 2 aliphatic rings. The summed E-state index contributed by atoms with van der Waals surface area (Å²) in [6.07, 6.45) is -0.254. The fourth-order valence-corrected chi connectivity index (χ4v) is 4.45. The summed E-state index contributed by atoms with van der Waals surface area (Å²) < 4.78 is 18.2. The van der Waals surface area contributed by atoms with Crippen molar-refractivity contribution in [1.82, 2.24) is 14.9 Å². The standard InChI is InChI=1S/C25H39BN4O4/c1-16(2)19-20-17(27-21(19)26-33-24(6,7)25(8,9)34-26)10-11-18(28-20)29-12-14-30(15-13-29)22(31)32-23(3,4)5/h10-11,16,27H,12-15H2,1-9H3. The summed E-state index contributed by atoms with van der Waals surface area (Å²) in [5.41, 5.74) is 2.70. The van der Waals surface area contributed by atoms with Gasteiger partial charge in [0.1, 0.15) is 11.4 Å². The minimum Gasteiger partial charge on any atom is -0.444 e. The van der Waals surface area contributed by atoms with Gasteiger partial charge >= 0.3 is 13.2 Å². The Hall–Kier alpha value is -2.26. The van der Waals surface area contributed by atoms with Crippen LogP contribution < -0.4 is 10.5 Å². The van der Waals surface area contributed by atoms with Crippen LogP contribution in [0.4, 0.5) is 10.6 Å². The van der Waals surface area contributed by atoms with Crippen molar-refractivity contribution in [3.63, 3.8) is 0 Å². The van der Waals surface area contributed by atoms with Gasteiger partial charge in [-0.1, -0.05) is 13.8 Å². The molecule has 9 heteroatoms. The quantitative estimate of drug-likeness (QED) is 0.683. The smallest absolute Gasteiger partial charge is 0.444 e. The Morgan fingerprint density at radius 3 is 2.21 bits per heavy atom. The molecule has 2 saturated heterocycles. The van der Waals surface area contributed by atoms with Crippen molar-refractivity contribution < 1.29 is 18.8 Å².